The molecule has 0 aliphatic carbocycles. The van der Waals surface area contributed by atoms with Crippen molar-refractivity contribution in [3.8, 4) is 0 Å². The summed E-state index contributed by atoms with van der Waals surface area (Å²) in [6.07, 6.45) is 6.97. The maximum atomic E-state index is 6.10. The van der Waals surface area contributed by atoms with E-state index in [9.17, 15) is 0 Å². The van der Waals surface area contributed by atoms with E-state index in [2.05, 4.69) is 20.8 Å². The van der Waals surface area contributed by atoms with Crippen molar-refractivity contribution >= 4 is 23.2 Å². The molecule has 0 N–H and O–H groups in total. The molecule has 1 atom stereocenters. The van der Waals surface area contributed by atoms with Crippen LogP contribution in [0, 0.1) is 0 Å². The minimum atomic E-state index is -0.0352. The third-order valence-corrected chi connectivity index (χ3v) is 2.77. The first-order valence-electron chi connectivity index (χ1n) is 5.28. The van der Waals surface area contributed by atoms with Crippen molar-refractivity contribution in [1.29, 1.82) is 0 Å². The van der Waals surface area contributed by atoms with Crippen LogP contribution >= 0.6 is 23.2 Å². The molecule has 0 bridgehead atoms. The summed E-state index contributed by atoms with van der Waals surface area (Å²) in [6.45, 7) is 6.31. The molecule has 0 aromatic heterocycles. The van der Waals surface area contributed by atoms with Gasteiger partial charge in [0.25, 0.3) is 0 Å². The van der Waals surface area contributed by atoms with Gasteiger partial charge < -0.3 is 0 Å². The number of halogens is 2. The molecule has 0 radical (unpaired) electrons. The number of hydrogen-bond acceptors (Lipinski definition) is 0. The fourth-order valence-corrected chi connectivity index (χ4v) is 1.87. The minimum Gasteiger partial charge on any atom is -0.123 e. The van der Waals surface area contributed by atoms with Gasteiger partial charge in [0.15, 0.2) is 0 Å². The van der Waals surface area contributed by atoms with Crippen LogP contribution in [0.2, 0.25) is 0 Å². The molecule has 0 aliphatic heterocycles. The maximum absolute atomic E-state index is 6.10. The molecule has 0 aromatic rings. The van der Waals surface area contributed by atoms with Crippen molar-refractivity contribution in [2.45, 2.75) is 69.5 Å². The van der Waals surface area contributed by atoms with Crippen LogP contribution < -0.4 is 0 Å². The van der Waals surface area contributed by atoms with Crippen molar-refractivity contribution in [3.05, 3.63) is 0 Å². The second kappa shape index (κ2) is 6.95. The summed E-state index contributed by atoms with van der Waals surface area (Å²) in [5.41, 5.74) is 0. The lowest BCUT2D eigenvalue weighted by Crippen LogP contribution is -2.09. The monoisotopic (exact) mass is 224 g/mol. The van der Waals surface area contributed by atoms with Crippen LogP contribution in [0.25, 0.3) is 0 Å². The van der Waals surface area contributed by atoms with Gasteiger partial charge in [0.1, 0.15) is 0 Å². The Morgan fingerprint density at radius 1 is 1.15 bits per heavy atom. The van der Waals surface area contributed by atoms with Crippen LogP contribution in [0.1, 0.15) is 59.3 Å². The van der Waals surface area contributed by atoms with Gasteiger partial charge in [0.2, 0.25) is 0 Å². The normalized spacial score (nSPS) is 14.5. The molecule has 0 heterocycles. The number of rotatable bonds is 7. The molecule has 0 saturated carbocycles. The number of hydrogen-bond donors (Lipinski definition) is 0. The summed E-state index contributed by atoms with van der Waals surface area (Å²) >= 11 is 12.2. The third-order valence-electron chi connectivity index (χ3n) is 2.14. The predicted octanol–water partition coefficient (Wildman–Crippen LogP) is 4.97. The van der Waals surface area contributed by atoms with Gasteiger partial charge in [-0.2, -0.15) is 0 Å². The molecular formula is C11H22Cl2. The van der Waals surface area contributed by atoms with E-state index in [4.69, 9.17) is 23.2 Å². The first-order valence-corrected chi connectivity index (χ1v) is 6.10. The Bertz CT molecular complexity index is 116. The Morgan fingerprint density at radius 2 is 1.77 bits per heavy atom. The fraction of sp³-hybridized carbons (Fsp3) is 1.00. The molecule has 0 nitrogen and oxygen atoms in total. The highest BCUT2D eigenvalue weighted by atomic mass is 35.5. The van der Waals surface area contributed by atoms with E-state index in [1.165, 1.54) is 19.3 Å². The van der Waals surface area contributed by atoms with Crippen LogP contribution in [0.5, 0.6) is 0 Å². The summed E-state index contributed by atoms with van der Waals surface area (Å²) in [6, 6.07) is 0. The number of alkyl halides is 2. The van der Waals surface area contributed by atoms with Crippen LogP contribution in [0.3, 0.4) is 0 Å². The smallest absolute Gasteiger partial charge is 0.0390 e. The molecule has 0 saturated heterocycles. The van der Waals surface area contributed by atoms with E-state index in [1.807, 2.05) is 0 Å². The third kappa shape index (κ3) is 10.5. The topological polar surface area (TPSA) is 0 Å². The average Bonchev–Trinajstić information content (AvgIpc) is 1.97. The molecule has 13 heavy (non-hydrogen) atoms. The van der Waals surface area contributed by atoms with Gasteiger partial charge >= 0.3 is 0 Å². The molecule has 2 heteroatoms. The Labute approximate surface area is 93.0 Å². The molecule has 1 unspecified atom stereocenters. The van der Waals surface area contributed by atoms with Gasteiger partial charge in [0.05, 0.1) is 0 Å². The zero-order chi connectivity index (χ0) is 10.3. The zero-order valence-corrected chi connectivity index (χ0v) is 10.6. The molecule has 0 amide bonds. The summed E-state index contributed by atoms with van der Waals surface area (Å²) in [5, 5.41) is 0.378. The Balaban J connectivity index is 3.25. The Hall–Kier alpha value is 0.580. The first-order chi connectivity index (χ1) is 5.95. The Morgan fingerprint density at radius 3 is 2.23 bits per heavy atom. The van der Waals surface area contributed by atoms with E-state index in [1.54, 1.807) is 0 Å². The van der Waals surface area contributed by atoms with E-state index in [0.717, 1.165) is 19.3 Å². The van der Waals surface area contributed by atoms with Gasteiger partial charge in [-0.05, 0) is 33.1 Å². The lowest BCUT2D eigenvalue weighted by Gasteiger charge is -2.15. The highest BCUT2D eigenvalue weighted by molar-refractivity contribution is 6.23. The van der Waals surface area contributed by atoms with Gasteiger partial charge in [-0.25, -0.2) is 0 Å². The molecule has 0 aromatic carbocycles. The predicted molar refractivity (Wildman–Crippen MR) is 62.9 cm³/mol. The summed E-state index contributed by atoms with van der Waals surface area (Å²) in [7, 11) is 0. The molecule has 0 fully saturated rings. The average molecular weight is 225 g/mol. The lowest BCUT2D eigenvalue weighted by molar-refractivity contribution is 0.539. The minimum absolute atomic E-state index is 0.0352. The van der Waals surface area contributed by atoms with Crippen LogP contribution in [-0.2, 0) is 0 Å². The second-order valence-electron chi connectivity index (χ2n) is 4.35. The van der Waals surface area contributed by atoms with Crippen molar-refractivity contribution in [2.24, 2.45) is 0 Å². The van der Waals surface area contributed by atoms with Gasteiger partial charge in [-0.3, -0.25) is 0 Å². The molecule has 0 spiro atoms. The van der Waals surface area contributed by atoms with Crippen molar-refractivity contribution in [3.63, 3.8) is 0 Å². The highest BCUT2D eigenvalue weighted by Crippen LogP contribution is 2.22. The Kier molecular flexibility index (Phi) is 7.26. The molecular weight excluding hydrogens is 203 g/mol. The zero-order valence-electron chi connectivity index (χ0n) is 9.08. The maximum Gasteiger partial charge on any atom is 0.0390 e. The van der Waals surface area contributed by atoms with Crippen molar-refractivity contribution < 1.29 is 0 Å². The van der Waals surface area contributed by atoms with E-state index < -0.39 is 0 Å². The van der Waals surface area contributed by atoms with Crippen molar-refractivity contribution in [2.75, 3.05) is 0 Å². The van der Waals surface area contributed by atoms with Gasteiger partial charge in [-0.1, -0.05) is 26.2 Å². The summed E-state index contributed by atoms with van der Waals surface area (Å²) in [4.78, 5) is -0.0352. The van der Waals surface area contributed by atoms with Gasteiger partial charge in [-0.15, -0.1) is 23.2 Å². The van der Waals surface area contributed by atoms with Crippen LogP contribution in [0.15, 0.2) is 0 Å². The molecule has 0 aliphatic rings. The van der Waals surface area contributed by atoms with Crippen LogP contribution in [-0.4, -0.2) is 10.3 Å². The molecule has 80 valence electrons. The van der Waals surface area contributed by atoms with Gasteiger partial charge in [0, 0.05) is 10.3 Å². The first kappa shape index (κ1) is 13.6. The fourth-order valence-electron chi connectivity index (χ4n) is 1.37. The number of unbranched alkanes of at least 4 members (excludes halogenated alkanes) is 1. The van der Waals surface area contributed by atoms with Crippen LogP contribution in [0.4, 0.5) is 0 Å². The second-order valence-corrected chi connectivity index (χ2v) is 5.99. The standard InChI is InChI=1S/C11H22Cl2/c1-4-7-10(12)8-5-6-9-11(2,3)13/h10H,4-9H2,1-3H3. The lowest BCUT2D eigenvalue weighted by atomic mass is 10.0. The van der Waals surface area contributed by atoms with E-state index in [-0.39, 0.29) is 4.87 Å². The highest BCUT2D eigenvalue weighted by Gasteiger charge is 2.12. The largest absolute Gasteiger partial charge is 0.123 e. The summed E-state index contributed by atoms with van der Waals surface area (Å²) < 4.78 is 0. The van der Waals surface area contributed by atoms with E-state index >= 15 is 0 Å². The molecule has 0 rings (SSSR count). The van der Waals surface area contributed by atoms with Crippen molar-refractivity contribution in [1.82, 2.24) is 0 Å². The SMILES string of the molecule is CCCC(Cl)CCCCC(C)(C)Cl. The summed E-state index contributed by atoms with van der Waals surface area (Å²) in [5.74, 6) is 0. The van der Waals surface area contributed by atoms with E-state index in [0.29, 0.717) is 5.38 Å². The quantitative estimate of drug-likeness (QED) is 0.423.